The fourth-order valence-electron chi connectivity index (χ4n) is 2.27. The molecule has 0 saturated carbocycles. The molecule has 0 amide bonds. The smallest absolute Gasteiger partial charge is 0.156 e. The molecule has 2 aromatic carbocycles. The second kappa shape index (κ2) is 3.92. The minimum absolute atomic E-state index is 0.873. The molecule has 0 fully saturated rings. The van der Waals surface area contributed by atoms with Gasteiger partial charge in [-0.25, -0.2) is 9.50 Å². The maximum atomic E-state index is 4.62. The Morgan fingerprint density at radius 1 is 0.842 bits per heavy atom. The van der Waals surface area contributed by atoms with Gasteiger partial charge in [0.05, 0.1) is 11.2 Å². The topological polar surface area (TPSA) is 30.2 Å². The first-order chi connectivity index (χ1) is 9.40. The minimum atomic E-state index is 0.873. The molecule has 0 saturated heterocycles. The van der Waals surface area contributed by atoms with Crippen molar-refractivity contribution in [2.75, 3.05) is 0 Å². The van der Waals surface area contributed by atoms with Crippen LogP contribution in [0.1, 0.15) is 0 Å². The number of nitrogens with zero attached hydrogens (tertiary/aromatic N) is 3. The Morgan fingerprint density at radius 3 is 2.53 bits per heavy atom. The van der Waals surface area contributed by atoms with E-state index in [2.05, 4.69) is 22.2 Å². The molecule has 4 rings (SSSR count). The van der Waals surface area contributed by atoms with Crippen molar-refractivity contribution in [1.29, 1.82) is 0 Å². The van der Waals surface area contributed by atoms with Gasteiger partial charge in [-0.2, -0.15) is 5.10 Å². The van der Waals surface area contributed by atoms with Gasteiger partial charge in [-0.3, -0.25) is 0 Å². The van der Waals surface area contributed by atoms with Crippen LogP contribution in [0.25, 0.3) is 27.8 Å². The highest BCUT2D eigenvalue weighted by atomic mass is 15.2. The molecular formula is C16H11N3. The van der Waals surface area contributed by atoms with Crippen LogP contribution in [0.5, 0.6) is 0 Å². The van der Waals surface area contributed by atoms with Crippen LogP contribution < -0.4 is 0 Å². The second-order valence-electron chi connectivity index (χ2n) is 4.50. The van der Waals surface area contributed by atoms with E-state index in [1.165, 1.54) is 0 Å². The van der Waals surface area contributed by atoms with Crippen LogP contribution in [0.2, 0.25) is 0 Å². The lowest BCUT2D eigenvalue weighted by atomic mass is 10.2. The number of fused-ring (bicyclic) bond motifs is 2. The maximum Gasteiger partial charge on any atom is 0.156 e. The normalized spacial score (nSPS) is 11.2. The molecule has 0 atom stereocenters. The molecule has 0 N–H and O–H groups in total. The maximum absolute atomic E-state index is 4.62. The first-order valence-corrected chi connectivity index (χ1v) is 6.21. The van der Waals surface area contributed by atoms with E-state index in [0.717, 1.165) is 27.8 Å². The number of hydrogen-bond acceptors (Lipinski definition) is 2. The van der Waals surface area contributed by atoms with E-state index < -0.39 is 0 Å². The molecule has 0 aliphatic rings. The van der Waals surface area contributed by atoms with Crippen molar-refractivity contribution in [1.82, 2.24) is 14.6 Å². The molecule has 3 heteroatoms. The molecule has 0 radical (unpaired) electrons. The van der Waals surface area contributed by atoms with E-state index >= 15 is 0 Å². The summed E-state index contributed by atoms with van der Waals surface area (Å²) >= 11 is 0. The summed E-state index contributed by atoms with van der Waals surface area (Å²) in [6, 6.07) is 20.2. The SMILES string of the molecule is c1ccc(-c2cc3nc4ccccc4cn3n2)cc1. The molecule has 19 heavy (non-hydrogen) atoms. The summed E-state index contributed by atoms with van der Waals surface area (Å²) in [4.78, 5) is 4.62. The zero-order valence-corrected chi connectivity index (χ0v) is 10.2. The molecule has 90 valence electrons. The molecule has 0 aliphatic heterocycles. The number of aromatic nitrogens is 3. The molecule has 3 nitrogen and oxygen atoms in total. The Morgan fingerprint density at radius 2 is 1.63 bits per heavy atom. The van der Waals surface area contributed by atoms with E-state index in [0.29, 0.717) is 0 Å². The van der Waals surface area contributed by atoms with Gasteiger partial charge in [-0.05, 0) is 6.07 Å². The van der Waals surface area contributed by atoms with Crippen LogP contribution in [0.4, 0.5) is 0 Å². The largest absolute Gasteiger partial charge is 0.229 e. The van der Waals surface area contributed by atoms with Crippen molar-refractivity contribution in [2.45, 2.75) is 0 Å². The van der Waals surface area contributed by atoms with Crippen LogP contribution in [-0.4, -0.2) is 14.6 Å². The fourth-order valence-corrected chi connectivity index (χ4v) is 2.27. The molecule has 2 heterocycles. The van der Waals surface area contributed by atoms with Crippen LogP contribution >= 0.6 is 0 Å². The Bertz CT molecular complexity index is 810. The predicted octanol–water partition coefficient (Wildman–Crippen LogP) is 3.55. The van der Waals surface area contributed by atoms with Crippen molar-refractivity contribution in [3.63, 3.8) is 0 Å². The second-order valence-corrected chi connectivity index (χ2v) is 4.50. The van der Waals surface area contributed by atoms with E-state index in [1.807, 2.05) is 59.2 Å². The van der Waals surface area contributed by atoms with Crippen LogP contribution in [0.3, 0.4) is 0 Å². The standard InChI is InChI=1S/C16H11N3/c1-2-6-12(7-3-1)15-10-16-17-14-9-5-4-8-13(14)11-19(16)18-15/h1-11H. The van der Waals surface area contributed by atoms with Crippen LogP contribution in [0.15, 0.2) is 66.9 Å². The average Bonchev–Trinajstić information content (AvgIpc) is 2.88. The lowest BCUT2D eigenvalue weighted by Crippen LogP contribution is -1.90. The summed E-state index contributed by atoms with van der Waals surface area (Å²) in [6.45, 7) is 0. The minimum Gasteiger partial charge on any atom is -0.229 e. The Hall–Kier alpha value is -2.68. The highest BCUT2D eigenvalue weighted by molar-refractivity contribution is 5.80. The van der Waals surface area contributed by atoms with Gasteiger partial charge < -0.3 is 0 Å². The van der Waals surface area contributed by atoms with Gasteiger partial charge in [0.25, 0.3) is 0 Å². The van der Waals surface area contributed by atoms with E-state index in [9.17, 15) is 0 Å². The number of rotatable bonds is 1. The van der Waals surface area contributed by atoms with Crippen molar-refractivity contribution in [2.24, 2.45) is 0 Å². The highest BCUT2D eigenvalue weighted by Crippen LogP contribution is 2.20. The average molecular weight is 245 g/mol. The summed E-state index contributed by atoms with van der Waals surface area (Å²) in [7, 11) is 0. The van der Waals surface area contributed by atoms with Gasteiger partial charge in [0, 0.05) is 23.2 Å². The third kappa shape index (κ3) is 1.67. The van der Waals surface area contributed by atoms with Gasteiger partial charge in [-0.15, -0.1) is 0 Å². The summed E-state index contributed by atoms with van der Waals surface area (Å²) in [6.07, 6.45) is 2.02. The molecular weight excluding hydrogens is 234 g/mol. The molecule has 4 aromatic rings. The Balaban J connectivity index is 1.98. The van der Waals surface area contributed by atoms with Crippen molar-refractivity contribution in [3.05, 3.63) is 66.9 Å². The quantitative estimate of drug-likeness (QED) is 0.513. The van der Waals surface area contributed by atoms with Crippen LogP contribution in [0, 0.1) is 0 Å². The predicted molar refractivity (Wildman–Crippen MR) is 75.9 cm³/mol. The summed E-state index contributed by atoms with van der Waals surface area (Å²) < 4.78 is 1.84. The van der Waals surface area contributed by atoms with E-state index in [4.69, 9.17) is 0 Å². The van der Waals surface area contributed by atoms with Gasteiger partial charge >= 0.3 is 0 Å². The Kier molecular flexibility index (Phi) is 2.12. The molecule has 0 aliphatic carbocycles. The molecule has 0 unspecified atom stereocenters. The Labute approximate surface area is 110 Å². The molecule has 0 bridgehead atoms. The fraction of sp³-hybridized carbons (Fsp3) is 0. The molecule has 2 aromatic heterocycles. The van der Waals surface area contributed by atoms with Crippen molar-refractivity contribution in [3.8, 4) is 11.3 Å². The van der Waals surface area contributed by atoms with E-state index in [-0.39, 0.29) is 0 Å². The first kappa shape index (κ1) is 10.3. The lowest BCUT2D eigenvalue weighted by Gasteiger charge is -1.97. The molecule has 0 spiro atoms. The van der Waals surface area contributed by atoms with Crippen molar-refractivity contribution >= 4 is 16.6 Å². The number of hydrogen-bond donors (Lipinski definition) is 0. The monoisotopic (exact) mass is 245 g/mol. The number of para-hydroxylation sites is 1. The zero-order valence-electron chi connectivity index (χ0n) is 10.2. The summed E-state index contributed by atoms with van der Waals surface area (Å²) in [5.74, 6) is 0. The van der Waals surface area contributed by atoms with Crippen molar-refractivity contribution < 1.29 is 0 Å². The third-order valence-corrected chi connectivity index (χ3v) is 3.22. The lowest BCUT2D eigenvalue weighted by molar-refractivity contribution is 0.957. The highest BCUT2D eigenvalue weighted by Gasteiger charge is 2.05. The summed E-state index contributed by atoms with van der Waals surface area (Å²) in [5.41, 5.74) is 3.92. The third-order valence-electron chi connectivity index (χ3n) is 3.22. The summed E-state index contributed by atoms with van der Waals surface area (Å²) in [5, 5.41) is 5.68. The van der Waals surface area contributed by atoms with Gasteiger partial charge in [0.15, 0.2) is 5.65 Å². The van der Waals surface area contributed by atoms with Gasteiger partial charge in [0.1, 0.15) is 0 Å². The van der Waals surface area contributed by atoms with Crippen LogP contribution in [-0.2, 0) is 0 Å². The zero-order chi connectivity index (χ0) is 12.7. The van der Waals surface area contributed by atoms with Gasteiger partial charge in [-0.1, -0.05) is 48.5 Å². The van der Waals surface area contributed by atoms with E-state index in [1.54, 1.807) is 0 Å². The first-order valence-electron chi connectivity index (χ1n) is 6.21. The van der Waals surface area contributed by atoms with Gasteiger partial charge in [0.2, 0.25) is 0 Å². The number of benzene rings is 2.